The third-order valence-corrected chi connectivity index (χ3v) is 4.36. The summed E-state index contributed by atoms with van der Waals surface area (Å²) in [4.78, 5) is 0. The van der Waals surface area contributed by atoms with Gasteiger partial charge >= 0.3 is 6.01 Å². The van der Waals surface area contributed by atoms with Gasteiger partial charge in [0.2, 0.25) is 15.7 Å². The van der Waals surface area contributed by atoms with Gasteiger partial charge in [-0.25, -0.2) is 8.42 Å². The lowest BCUT2D eigenvalue weighted by Gasteiger charge is -2.03. The molecule has 3 N–H and O–H groups in total. The molecule has 3 rings (SSSR count). The van der Waals surface area contributed by atoms with Gasteiger partial charge in [0.25, 0.3) is 0 Å². The number of anilines is 1. The summed E-state index contributed by atoms with van der Waals surface area (Å²) in [5, 5.41) is 13.3. The Morgan fingerprint density at radius 2 is 1.95 bits per heavy atom. The van der Waals surface area contributed by atoms with Crippen LogP contribution in [0.15, 0.2) is 46.0 Å². The Hall–Kier alpha value is -2.68. The van der Waals surface area contributed by atoms with Crippen molar-refractivity contribution in [2.45, 2.75) is 10.8 Å². The van der Waals surface area contributed by atoms with E-state index in [-0.39, 0.29) is 16.9 Å². The van der Waals surface area contributed by atoms with E-state index in [0.717, 1.165) is 5.56 Å². The number of aromatic amines is 1. The second-order valence-electron chi connectivity index (χ2n) is 4.27. The number of benzene rings is 1. The van der Waals surface area contributed by atoms with Crippen molar-refractivity contribution in [1.29, 1.82) is 0 Å². The third-order valence-electron chi connectivity index (χ3n) is 2.80. The molecule has 3 aromatic rings. The number of nitrogens with zero attached hydrogens (tertiary/aromatic N) is 3. The average molecular weight is 305 g/mol. The Bertz CT molecular complexity index is 854. The van der Waals surface area contributed by atoms with Gasteiger partial charge in [0, 0.05) is 5.56 Å². The maximum absolute atomic E-state index is 12.4. The monoisotopic (exact) mass is 305 g/mol. The fourth-order valence-corrected chi connectivity index (χ4v) is 3.18. The molecule has 2 aromatic heterocycles. The summed E-state index contributed by atoms with van der Waals surface area (Å²) in [6.45, 7) is 0. The number of hydrogen-bond acceptors (Lipinski definition) is 7. The van der Waals surface area contributed by atoms with Crippen molar-refractivity contribution in [2.24, 2.45) is 0 Å². The molecule has 0 aliphatic heterocycles. The van der Waals surface area contributed by atoms with E-state index in [0.29, 0.717) is 5.56 Å². The lowest BCUT2D eigenvalue weighted by Crippen LogP contribution is -2.07. The minimum Gasteiger partial charge on any atom is -0.407 e. The molecule has 0 radical (unpaired) electrons. The van der Waals surface area contributed by atoms with E-state index >= 15 is 0 Å². The zero-order chi connectivity index (χ0) is 14.9. The quantitative estimate of drug-likeness (QED) is 0.736. The van der Waals surface area contributed by atoms with Crippen LogP contribution in [-0.4, -0.2) is 28.8 Å². The lowest BCUT2D eigenvalue weighted by atomic mass is 10.1. The highest BCUT2D eigenvalue weighted by molar-refractivity contribution is 7.90. The Morgan fingerprint density at radius 3 is 2.62 bits per heavy atom. The maximum Gasteiger partial charge on any atom is 0.312 e. The molecule has 0 bridgehead atoms. The summed E-state index contributed by atoms with van der Waals surface area (Å²) < 4.78 is 29.8. The fraction of sp³-hybridized carbons (Fsp3) is 0.0833. The molecular formula is C12H11N5O3S. The zero-order valence-electron chi connectivity index (χ0n) is 10.7. The number of nitrogens with two attached hydrogens (primary N) is 1. The topological polar surface area (TPSA) is 128 Å². The van der Waals surface area contributed by atoms with Gasteiger partial charge in [-0.2, -0.15) is 5.10 Å². The first-order chi connectivity index (χ1) is 10.1. The second-order valence-corrected chi connectivity index (χ2v) is 6.20. The number of rotatable bonds is 4. The molecule has 0 unspecified atom stereocenters. The molecule has 0 saturated carbocycles. The van der Waals surface area contributed by atoms with Crippen LogP contribution in [0.2, 0.25) is 0 Å². The predicted octanol–water partition coefficient (Wildman–Crippen LogP) is 1.02. The highest BCUT2D eigenvalue weighted by Crippen LogP contribution is 2.27. The first-order valence-electron chi connectivity index (χ1n) is 5.95. The van der Waals surface area contributed by atoms with Crippen LogP contribution in [0.25, 0.3) is 11.1 Å². The zero-order valence-corrected chi connectivity index (χ0v) is 11.5. The van der Waals surface area contributed by atoms with E-state index in [1.54, 1.807) is 12.1 Å². The lowest BCUT2D eigenvalue weighted by molar-refractivity contribution is 0.521. The minimum atomic E-state index is -3.71. The summed E-state index contributed by atoms with van der Waals surface area (Å²) in [6.07, 6.45) is 1.46. The van der Waals surface area contributed by atoms with Gasteiger partial charge in [-0.05, 0) is 5.56 Å². The number of nitrogens with one attached hydrogen (secondary N) is 1. The summed E-state index contributed by atoms with van der Waals surface area (Å²) in [5.74, 6) is -0.514. The number of H-pyrrole nitrogens is 1. The number of aromatic nitrogens is 4. The molecule has 8 nitrogen and oxygen atoms in total. The van der Waals surface area contributed by atoms with Crippen molar-refractivity contribution in [3.05, 3.63) is 42.4 Å². The molecule has 2 heterocycles. The summed E-state index contributed by atoms with van der Waals surface area (Å²) in [7, 11) is -3.71. The SMILES string of the molecule is Nc1nnc(CS(=O)(=O)c2[nH]ncc2-c2ccccc2)o1. The molecule has 0 aliphatic rings. The largest absolute Gasteiger partial charge is 0.407 e. The van der Waals surface area contributed by atoms with E-state index in [2.05, 4.69) is 20.4 Å². The summed E-state index contributed by atoms with van der Waals surface area (Å²) >= 11 is 0. The number of nitrogen functional groups attached to an aromatic ring is 1. The van der Waals surface area contributed by atoms with Gasteiger partial charge in [-0.15, -0.1) is 5.10 Å². The molecule has 0 atom stereocenters. The molecular weight excluding hydrogens is 294 g/mol. The normalized spacial score (nSPS) is 11.6. The molecule has 0 saturated heterocycles. The van der Waals surface area contributed by atoms with Crippen LogP contribution in [0.3, 0.4) is 0 Å². The van der Waals surface area contributed by atoms with Crippen molar-refractivity contribution in [3.8, 4) is 11.1 Å². The average Bonchev–Trinajstić information content (AvgIpc) is 3.09. The van der Waals surface area contributed by atoms with E-state index in [9.17, 15) is 8.42 Å². The van der Waals surface area contributed by atoms with Crippen LogP contribution in [0, 0.1) is 0 Å². The fourth-order valence-electron chi connectivity index (χ4n) is 1.89. The van der Waals surface area contributed by atoms with Crippen LogP contribution in [0.1, 0.15) is 5.89 Å². The number of sulfone groups is 1. The standard InChI is InChI=1S/C12H11N5O3S/c13-12-17-15-10(20-12)7-21(18,19)11-9(6-14-16-11)8-4-2-1-3-5-8/h1-6H,7H2,(H2,13,17)(H,14,16). The van der Waals surface area contributed by atoms with Gasteiger partial charge in [0.1, 0.15) is 5.75 Å². The van der Waals surface area contributed by atoms with Crippen LogP contribution in [-0.2, 0) is 15.6 Å². The molecule has 9 heteroatoms. The van der Waals surface area contributed by atoms with E-state index in [4.69, 9.17) is 10.2 Å². The maximum atomic E-state index is 12.4. The Labute approximate surface area is 119 Å². The summed E-state index contributed by atoms with van der Waals surface area (Å²) in [6, 6.07) is 8.91. The third kappa shape index (κ3) is 2.63. The molecule has 1 aromatic carbocycles. The molecule has 21 heavy (non-hydrogen) atoms. The first-order valence-corrected chi connectivity index (χ1v) is 7.61. The molecule has 0 amide bonds. The van der Waals surface area contributed by atoms with Crippen molar-refractivity contribution in [3.63, 3.8) is 0 Å². The van der Waals surface area contributed by atoms with Crippen LogP contribution < -0.4 is 5.73 Å². The number of hydrogen-bond donors (Lipinski definition) is 2. The van der Waals surface area contributed by atoms with Gasteiger partial charge in [-0.3, -0.25) is 5.10 Å². The molecule has 0 fully saturated rings. The minimum absolute atomic E-state index is 0.00507. The molecule has 0 spiro atoms. The van der Waals surface area contributed by atoms with Crippen molar-refractivity contribution in [1.82, 2.24) is 20.4 Å². The highest BCUT2D eigenvalue weighted by atomic mass is 32.2. The van der Waals surface area contributed by atoms with E-state index in [1.807, 2.05) is 18.2 Å². The van der Waals surface area contributed by atoms with Crippen LogP contribution in [0.5, 0.6) is 0 Å². The Balaban J connectivity index is 1.99. The summed E-state index contributed by atoms with van der Waals surface area (Å²) in [5.41, 5.74) is 6.52. The van der Waals surface area contributed by atoms with Crippen LogP contribution in [0.4, 0.5) is 6.01 Å². The predicted molar refractivity (Wildman–Crippen MR) is 73.6 cm³/mol. The molecule has 0 aliphatic carbocycles. The van der Waals surface area contributed by atoms with Gasteiger partial charge in [0.15, 0.2) is 5.03 Å². The van der Waals surface area contributed by atoms with Crippen molar-refractivity contribution >= 4 is 15.9 Å². The second kappa shape index (κ2) is 5.02. The van der Waals surface area contributed by atoms with E-state index < -0.39 is 15.6 Å². The van der Waals surface area contributed by atoms with Gasteiger partial charge in [-0.1, -0.05) is 35.4 Å². The Kier molecular flexibility index (Phi) is 3.18. The van der Waals surface area contributed by atoms with Gasteiger partial charge < -0.3 is 10.2 Å². The Morgan fingerprint density at radius 1 is 1.19 bits per heavy atom. The van der Waals surface area contributed by atoms with Gasteiger partial charge in [0.05, 0.1) is 6.20 Å². The smallest absolute Gasteiger partial charge is 0.312 e. The van der Waals surface area contributed by atoms with Crippen molar-refractivity contribution in [2.75, 3.05) is 5.73 Å². The first kappa shape index (κ1) is 13.3. The van der Waals surface area contributed by atoms with Crippen LogP contribution >= 0.6 is 0 Å². The van der Waals surface area contributed by atoms with Crippen molar-refractivity contribution < 1.29 is 12.8 Å². The van der Waals surface area contributed by atoms with E-state index in [1.165, 1.54) is 6.20 Å². The highest BCUT2D eigenvalue weighted by Gasteiger charge is 2.25. The molecule has 108 valence electrons.